The number of ketones is 2. The summed E-state index contributed by atoms with van der Waals surface area (Å²) >= 11 is 1.87. The standard InChI is InChI=1S/C44H6.C13H17N3O4S2.C11H12N2O5S.C5H9NO/c1-3-5-7-9-11-13-15-17-19-21-23-25-27-29-31-33-35-37-39-41-43-44-42-40-38-36-34-32-30-28-26-24-22-20-18-16-14-12-10-8-6-4-2;17-16(18)11-1-3-12(4-2-11)22(19,20)15-8-5-13(6-9-15)14-7-10-21-13;14-10-5-7-12(8-6-10)19(17,18)11-3-1-9(2-4-11)13(15)16;7-5-1-3-6-4-2-5/h1-2H3;1-4,14H,5-10H2;1-4H,5-8H2;6H,1-4H2. The molecule has 16 nitrogen and oxygen atoms in total. The second-order valence-electron chi connectivity index (χ2n) is 16.9. The molecule has 0 unspecified atom stereocenters. The normalized spacial score (nSPS) is 12.5. The predicted molar refractivity (Wildman–Crippen MR) is 352 cm³/mol. The Morgan fingerprint density at radius 1 is 0.391 bits per heavy atom. The number of thioether (sulfide) groups is 1. The van der Waals surface area contributed by atoms with Gasteiger partial charge < -0.3 is 10.6 Å². The first-order chi connectivity index (χ1) is 44.6. The molecule has 4 aliphatic heterocycles. The summed E-state index contributed by atoms with van der Waals surface area (Å²) in [6.07, 6.45) is 3.46. The molecule has 0 radical (unpaired) electrons. The molecule has 0 saturated carbocycles. The molecule has 19 heteroatoms. The Bertz CT molecular complexity index is 4680. The number of carbonyl (C=O) groups is 2. The van der Waals surface area contributed by atoms with E-state index in [0.717, 1.165) is 63.2 Å². The Labute approximate surface area is 543 Å². The third kappa shape index (κ3) is 31.7. The van der Waals surface area contributed by atoms with E-state index in [1.54, 1.807) is 13.8 Å². The lowest BCUT2D eigenvalue weighted by Crippen LogP contribution is -2.49. The van der Waals surface area contributed by atoms with Gasteiger partial charge in [-0.15, -0.1) is 11.8 Å². The van der Waals surface area contributed by atoms with Crippen molar-refractivity contribution >= 4 is 54.7 Å². The third-order valence-corrected chi connectivity index (χ3v) is 16.3. The van der Waals surface area contributed by atoms with Crippen LogP contribution in [0.1, 0.15) is 52.4 Å². The maximum absolute atomic E-state index is 12.6. The number of nitro benzene ring substituents is 2. The van der Waals surface area contributed by atoms with Gasteiger partial charge in [0.1, 0.15) is 11.6 Å². The summed E-state index contributed by atoms with van der Waals surface area (Å²) in [4.78, 5) is 41.7. The molecule has 1 spiro atoms. The first-order valence-corrected chi connectivity index (χ1v) is 30.5. The number of sulfonamides is 2. The number of rotatable bonds is 6. The summed E-state index contributed by atoms with van der Waals surface area (Å²) in [5.74, 6) is 107. The van der Waals surface area contributed by atoms with Crippen LogP contribution in [0, 0.1) is 269 Å². The Morgan fingerprint density at radius 2 is 0.641 bits per heavy atom. The van der Waals surface area contributed by atoms with E-state index >= 15 is 0 Å². The average molecular weight is 1260 g/mol. The van der Waals surface area contributed by atoms with Crippen LogP contribution in [-0.4, -0.2) is 103 Å². The lowest BCUT2D eigenvalue weighted by molar-refractivity contribution is -0.385. The lowest BCUT2D eigenvalue weighted by Gasteiger charge is -2.38. The number of carbonyl (C=O) groups excluding carboxylic acids is 2. The molecule has 0 amide bonds. The number of nitrogens with zero attached hydrogens (tertiary/aromatic N) is 4. The van der Waals surface area contributed by atoms with Crippen LogP contribution in [0.25, 0.3) is 0 Å². The molecule has 4 heterocycles. The largest absolute Gasteiger partial charge is 0.316 e. The van der Waals surface area contributed by atoms with Gasteiger partial charge in [0.05, 0.1) is 24.5 Å². The number of benzene rings is 2. The van der Waals surface area contributed by atoms with Gasteiger partial charge in [0, 0.05) is 244 Å². The van der Waals surface area contributed by atoms with Gasteiger partial charge in [-0.25, -0.2) is 16.8 Å². The zero-order chi connectivity index (χ0) is 66.6. The summed E-state index contributed by atoms with van der Waals surface area (Å²) in [6, 6.07) is 9.80. The Kier molecular flexibility index (Phi) is 35.9. The fourth-order valence-electron chi connectivity index (χ4n) is 6.76. The van der Waals surface area contributed by atoms with Crippen LogP contribution in [0.2, 0.25) is 0 Å². The number of nitrogens with one attached hydrogen (secondary N) is 2. The van der Waals surface area contributed by atoms with Crippen molar-refractivity contribution in [3.63, 3.8) is 0 Å². The van der Waals surface area contributed by atoms with Crippen molar-refractivity contribution in [1.29, 1.82) is 0 Å². The van der Waals surface area contributed by atoms with E-state index < -0.39 is 29.9 Å². The smallest absolute Gasteiger partial charge is 0.269 e. The number of hydrogen-bond acceptors (Lipinski definition) is 13. The van der Waals surface area contributed by atoms with Crippen LogP contribution in [0.3, 0.4) is 0 Å². The molecule has 0 bridgehead atoms. The number of non-ortho nitro benzene ring substituents is 2. The average Bonchev–Trinajstić information content (AvgIpc) is 1.23. The van der Waals surface area contributed by atoms with Crippen molar-refractivity contribution in [1.82, 2.24) is 19.2 Å². The van der Waals surface area contributed by atoms with Gasteiger partial charge in [-0.05, 0) is 146 Å². The minimum absolute atomic E-state index is 0.00690. The molecular weight excluding hydrogens is 1220 g/mol. The van der Waals surface area contributed by atoms with Gasteiger partial charge in [0.25, 0.3) is 11.4 Å². The highest BCUT2D eigenvalue weighted by molar-refractivity contribution is 8.00. The second-order valence-corrected chi connectivity index (χ2v) is 22.3. The predicted octanol–water partition coefficient (Wildman–Crippen LogP) is 3.40. The topological polar surface area (TPSA) is 219 Å². The fraction of sp³-hybridized carbons (Fsp3) is 0.233. The molecule has 2 aromatic carbocycles. The summed E-state index contributed by atoms with van der Waals surface area (Å²) in [5.41, 5.74) is -0.268. The van der Waals surface area contributed by atoms with Gasteiger partial charge in [-0.2, -0.15) is 8.61 Å². The molecule has 0 aliphatic carbocycles. The molecule has 4 aliphatic rings. The molecule has 92 heavy (non-hydrogen) atoms. The van der Waals surface area contributed by atoms with Crippen LogP contribution in [0.5, 0.6) is 0 Å². The summed E-state index contributed by atoms with van der Waals surface area (Å²) in [5, 5.41) is 27.7. The first kappa shape index (κ1) is 73.7. The molecule has 4 saturated heterocycles. The van der Waals surface area contributed by atoms with Crippen molar-refractivity contribution in [3.8, 4) is 249 Å². The third-order valence-electron chi connectivity index (χ3n) is 11.0. The van der Waals surface area contributed by atoms with E-state index in [1.807, 2.05) is 11.8 Å². The minimum atomic E-state index is -3.67. The summed E-state index contributed by atoms with van der Waals surface area (Å²) in [6.45, 7) is 7.40. The fourth-order valence-corrected chi connectivity index (χ4v) is 10.9. The Morgan fingerprint density at radius 3 is 0.859 bits per heavy atom. The van der Waals surface area contributed by atoms with Gasteiger partial charge in [-0.3, -0.25) is 29.8 Å². The van der Waals surface area contributed by atoms with Gasteiger partial charge in [-0.1, -0.05) is 11.8 Å². The van der Waals surface area contributed by atoms with Crippen molar-refractivity contribution in [2.24, 2.45) is 0 Å². The van der Waals surface area contributed by atoms with Gasteiger partial charge in [0.2, 0.25) is 20.0 Å². The number of Topliss-reactive ketones (excluding diaryl/α,β-unsaturated/α-hetero) is 2. The van der Waals surface area contributed by atoms with Crippen molar-refractivity contribution in [3.05, 3.63) is 68.8 Å². The van der Waals surface area contributed by atoms with Crippen LogP contribution < -0.4 is 10.6 Å². The SMILES string of the molecule is CC#CC#CC#CC#CC#CC#CC#CC#CC#CC#CC#CC#CC#CC#CC#CC#CC#CC#CC#CC#CC#CC.O=C1CCN(S(=O)(=O)c2ccc([N+](=O)[O-])cc2)CC1.O=C1CCNCC1.O=[N+]([O-])c1ccc(S(=O)(=O)N2CCC3(CC2)NCCS3)cc1. The molecule has 6 rings (SSSR count). The van der Waals surface area contributed by atoms with Crippen molar-refractivity contribution in [2.45, 2.75) is 67.0 Å². The zero-order valence-electron chi connectivity index (χ0n) is 49.1. The van der Waals surface area contributed by atoms with Crippen LogP contribution in [0.15, 0.2) is 58.3 Å². The maximum Gasteiger partial charge on any atom is 0.269 e. The summed E-state index contributed by atoms with van der Waals surface area (Å²) in [7, 11) is -7.25. The zero-order valence-corrected chi connectivity index (χ0v) is 51.6. The molecule has 0 aromatic heterocycles. The molecule has 444 valence electrons. The van der Waals surface area contributed by atoms with E-state index in [2.05, 4.69) is 259 Å². The monoisotopic (exact) mass is 1260 g/mol. The molecular formula is C73H44N6O10S3. The molecule has 2 N–H and O–H groups in total. The van der Waals surface area contributed by atoms with Crippen LogP contribution >= 0.6 is 11.8 Å². The van der Waals surface area contributed by atoms with E-state index in [1.165, 1.54) is 45.0 Å². The Hall–Kier alpha value is -12.6. The highest BCUT2D eigenvalue weighted by Crippen LogP contribution is 2.38. The van der Waals surface area contributed by atoms with Crippen LogP contribution in [-0.2, 0) is 29.6 Å². The van der Waals surface area contributed by atoms with Crippen LogP contribution in [0.4, 0.5) is 11.4 Å². The molecule has 2 aromatic rings. The second kappa shape index (κ2) is 44.8. The van der Waals surface area contributed by atoms with E-state index in [0.29, 0.717) is 18.9 Å². The van der Waals surface area contributed by atoms with E-state index in [-0.39, 0.29) is 57.8 Å². The highest BCUT2D eigenvalue weighted by Gasteiger charge is 2.41. The Balaban J connectivity index is 0.000000375. The first-order valence-electron chi connectivity index (χ1n) is 26.6. The van der Waals surface area contributed by atoms with E-state index in [9.17, 15) is 46.7 Å². The van der Waals surface area contributed by atoms with E-state index in [4.69, 9.17) is 0 Å². The minimum Gasteiger partial charge on any atom is -0.316 e. The molecule has 0 atom stereocenters. The lowest BCUT2D eigenvalue weighted by atomic mass is 10.1. The number of piperidine rings is 3. The molecule has 4 fully saturated rings. The van der Waals surface area contributed by atoms with Crippen molar-refractivity contribution in [2.75, 3.05) is 51.6 Å². The number of hydrogen-bond donors (Lipinski definition) is 2. The number of nitro groups is 2. The van der Waals surface area contributed by atoms with Gasteiger partial charge >= 0.3 is 0 Å². The quantitative estimate of drug-likeness (QED) is 0.241. The van der Waals surface area contributed by atoms with Crippen molar-refractivity contribution < 1.29 is 36.3 Å². The van der Waals surface area contributed by atoms with Gasteiger partial charge in [0.15, 0.2) is 0 Å². The highest BCUT2D eigenvalue weighted by atomic mass is 32.2. The maximum atomic E-state index is 12.6. The summed E-state index contributed by atoms with van der Waals surface area (Å²) < 4.78 is 52.3.